The molecule has 5 nitrogen and oxygen atoms in total. The lowest BCUT2D eigenvalue weighted by Gasteiger charge is -2.14. The van der Waals surface area contributed by atoms with E-state index in [4.69, 9.17) is 14.8 Å². The zero-order chi connectivity index (χ0) is 8.97. The zero-order valence-corrected chi connectivity index (χ0v) is 7.40. The Balaban J connectivity index is 2.07. The Bertz CT molecular complexity index is 133. The first-order chi connectivity index (χ1) is 5.72. The van der Waals surface area contributed by atoms with Gasteiger partial charge < -0.3 is 4.74 Å². The summed E-state index contributed by atoms with van der Waals surface area (Å²) in [7, 11) is 1.47. The molecule has 0 aromatic heterocycles. The van der Waals surface area contributed by atoms with E-state index in [9.17, 15) is 0 Å². The Labute approximate surface area is 71.7 Å². The van der Waals surface area contributed by atoms with Crippen molar-refractivity contribution < 1.29 is 19.8 Å². The van der Waals surface area contributed by atoms with Gasteiger partial charge in [-0.3, -0.25) is 4.84 Å². The molecule has 5 heteroatoms. The van der Waals surface area contributed by atoms with Crippen molar-refractivity contribution in [3.63, 3.8) is 0 Å². The van der Waals surface area contributed by atoms with Crippen molar-refractivity contribution in [1.82, 2.24) is 5.23 Å². The third-order valence-electron chi connectivity index (χ3n) is 1.88. The van der Waals surface area contributed by atoms with Gasteiger partial charge in [0.2, 0.25) is 0 Å². The molecule has 0 aromatic rings. The topological polar surface area (TPSA) is 51.2 Å². The quantitative estimate of drug-likeness (QED) is 0.509. The normalized spacial score (nSPS) is 30.0. The maximum atomic E-state index is 8.12. The smallest absolute Gasteiger partial charge is 0.0974 e. The SMILES string of the molecule is CC1CCC(CON(C)OO)O1. The predicted octanol–water partition coefficient (Wildman–Crippen LogP) is 0.822. The first-order valence-corrected chi connectivity index (χ1v) is 4.06. The fourth-order valence-electron chi connectivity index (χ4n) is 1.22. The van der Waals surface area contributed by atoms with Gasteiger partial charge in [0.25, 0.3) is 0 Å². The highest BCUT2D eigenvalue weighted by Gasteiger charge is 2.22. The fourth-order valence-corrected chi connectivity index (χ4v) is 1.22. The van der Waals surface area contributed by atoms with Crippen molar-refractivity contribution in [2.75, 3.05) is 13.7 Å². The minimum Gasteiger partial charge on any atom is -0.373 e. The van der Waals surface area contributed by atoms with Gasteiger partial charge in [-0.05, 0) is 25.0 Å². The predicted molar refractivity (Wildman–Crippen MR) is 41.0 cm³/mol. The summed E-state index contributed by atoms with van der Waals surface area (Å²) in [6, 6.07) is 0. The molecule has 72 valence electrons. The summed E-state index contributed by atoms with van der Waals surface area (Å²) in [4.78, 5) is 8.75. The van der Waals surface area contributed by atoms with Crippen LogP contribution in [0.3, 0.4) is 0 Å². The van der Waals surface area contributed by atoms with Crippen molar-refractivity contribution in [2.45, 2.75) is 32.0 Å². The number of nitrogens with zero attached hydrogens (tertiary/aromatic N) is 1. The first kappa shape index (κ1) is 9.88. The monoisotopic (exact) mass is 177 g/mol. The molecule has 1 fully saturated rings. The van der Waals surface area contributed by atoms with E-state index in [0.29, 0.717) is 12.7 Å². The Morgan fingerprint density at radius 2 is 2.33 bits per heavy atom. The molecule has 0 radical (unpaired) electrons. The van der Waals surface area contributed by atoms with Crippen molar-refractivity contribution in [1.29, 1.82) is 0 Å². The second-order valence-corrected chi connectivity index (χ2v) is 2.96. The maximum Gasteiger partial charge on any atom is 0.0974 e. The zero-order valence-electron chi connectivity index (χ0n) is 7.40. The lowest BCUT2D eigenvalue weighted by molar-refractivity contribution is -0.497. The summed E-state index contributed by atoms with van der Waals surface area (Å²) < 4.78 is 5.47. The number of ether oxygens (including phenoxy) is 1. The Hall–Kier alpha value is -0.200. The number of hydrogen-bond acceptors (Lipinski definition) is 5. The third-order valence-corrected chi connectivity index (χ3v) is 1.88. The van der Waals surface area contributed by atoms with E-state index >= 15 is 0 Å². The van der Waals surface area contributed by atoms with Gasteiger partial charge in [-0.25, -0.2) is 5.26 Å². The summed E-state index contributed by atoms with van der Waals surface area (Å²) in [5.41, 5.74) is 0. The Kier molecular flexibility index (Phi) is 3.90. The summed E-state index contributed by atoms with van der Waals surface area (Å²) in [5.74, 6) is 0. The number of rotatable bonds is 4. The Morgan fingerprint density at radius 3 is 2.83 bits per heavy atom. The molecular weight excluding hydrogens is 162 g/mol. The molecular formula is C7H15NO4. The van der Waals surface area contributed by atoms with Crippen LogP contribution in [0.5, 0.6) is 0 Å². The van der Waals surface area contributed by atoms with Crippen molar-refractivity contribution in [3.8, 4) is 0 Å². The molecule has 1 saturated heterocycles. The van der Waals surface area contributed by atoms with E-state index in [1.54, 1.807) is 0 Å². The van der Waals surface area contributed by atoms with Gasteiger partial charge in [0.15, 0.2) is 0 Å². The highest BCUT2D eigenvalue weighted by Crippen LogP contribution is 2.19. The molecule has 1 aliphatic rings. The van der Waals surface area contributed by atoms with Crippen LogP contribution in [0.4, 0.5) is 0 Å². The highest BCUT2D eigenvalue weighted by molar-refractivity contribution is 4.69. The van der Waals surface area contributed by atoms with E-state index in [1.807, 2.05) is 6.92 Å². The van der Waals surface area contributed by atoms with Crippen LogP contribution in [0.2, 0.25) is 0 Å². The van der Waals surface area contributed by atoms with E-state index in [-0.39, 0.29) is 6.10 Å². The number of hydrogen-bond donors (Lipinski definition) is 1. The number of hydroxylamine groups is 2. The third kappa shape index (κ3) is 3.04. The lowest BCUT2D eigenvalue weighted by atomic mass is 10.2. The van der Waals surface area contributed by atoms with Crippen LogP contribution in [0, 0.1) is 0 Å². The second kappa shape index (κ2) is 4.74. The van der Waals surface area contributed by atoms with E-state index in [2.05, 4.69) is 4.99 Å². The van der Waals surface area contributed by atoms with Gasteiger partial charge in [0.1, 0.15) is 0 Å². The van der Waals surface area contributed by atoms with Gasteiger partial charge in [0.05, 0.1) is 18.8 Å². The average Bonchev–Trinajstić information content (AvgIpc) is 2.47. The standard InChI is InChI=1S/C7H15NO4/c1-6-3-4-7(11-6)5-10-8(2)12-9/h6-7,9H,3-5H2,1-2H3. The molecule has 2 unspecified atom stereocenters. The fraction of sp³-hybridized carbons (Fsp3) is 1.00. The van der Waals surface area contributed by atoms with E-state index in [0.717, 1.165) is 18.1 Å². The van der Waals surface area contributed by atoms with Crippen molar-refractivity contribution in [3.05, 3.63) is 0 Å². The summed E-state index contributed by atoms with van der Waals surface area (Å²) in [6.45, 7) is 2.45. The molecule has 0 amide bonds. The van der Waals surface area contributed by atoms with E-state index in [1.165, 1.54) is 7.05 Å². The molecule has 0 aliphatic carbocycles. The van der Waals surface area contributed by atoms with Crippen molar-refractivity contribution in [2.24, 2.45) is 0 Å². The van der Waals surface area contributed by atoms with Gasteiger partial charge in [0, 0.05) is 7.05 Å². The largest absolute Gasteiger partial charge is 0.373 e. The van der Waals surface area contributed by atoms with Crippen LogP contribution < -0.4 is 0 Å². The maximum absolute atomic E-state index is 8.12. The summed E-state index contributed by atoms with van der Waals surface area (Å²) >= 11 is 0. The van der Waals surface area contributed by atoms with Crippen LogP contribution in [-0.2, 0) is 14.6 Å². The van der Waals surface area contributed by atoms with Crippen LogP contribution >= 0.6 is 0 Å². The van der Waals surface area contributed by atoms with Gasteiger partial charge >= 0.3 is 0 Å². The van der Waals surface area contributed by atoms with Gasteiger partial charge in [-0.1, -0.05) is 0 Å². The first-order valence-electron chi connectivity index (χ1n) is 4.06. The minimum absolute atomic E-state index is 0.123. The summed E-state index contributed by atoms with van der Waals surface area (Å²) in [5, 5.41) is 9.02. The molecule has 12 heavy (non-hydrogen) atoms. The average molecular weight is 177 g/mol. The molecule has 1 heterocycles. The molecule has 0 aromatic carbocycles. The molecule has 0 spiro atoms. The molecule has 0 saturated carbocycles. The molecule has 1 N–H and O–H groups in total. The van der Waals surface area contributed by atoms with Crippen LogP contribution in [-0.4, -0.2) is 36.3 Å². The minimum atomic E-state index is 0.123. The lowest BCUT2D eigenvalue weighted by Crippen LogP contribution is -2.24. The molecule has 1 rings (SSSR count). The van der Waals surface area contributed by atoms with E-state index < -0.39 is 0 Å². The second-order valence-electron chi connectivity index (χ2n) is 2.96. The molecule has 1 aliphatic heterocycles. The highest BCUT2D eigenvalue weighted by atomic mass is 17.3. The molecule has 2 atom stereocenters. The van der Waals surface area contributed by atoms with Crippen LogP contribution in [0.25, 0.3) is 0 Å². The molecule has 0 bridgehead atoms. The van der Waals surface area contributed by atoms with Crippen LogP contribution in [0.1, 0.15) is 19.8 Å². The van der Waals surface area contributed by atoms with Gasteiger partial charge in [-0.15, -0.1) is 4.99 Å². The van der Waals surface area contributed by atoms with Gasteiger partial charge in [-0.2, -0.15) is 0 Å². The van der Waals surface area contributed by atoms with Crippen LogP contribution in [0.15, 0.2) is 0 Å². The summed E-state index contributed by atoms with van der Waals surface area (Å²) in [6.07, 6.45) is 2.51. The van der Waals surface area contributed by atoms with Crippen molar-refractivity contribution >= 4 is 0 Å². The Morgan fingerprint density at radius 1 is 1.58 bits per heavy atom.